The van der Waals surface area contributed by atoms with E-state index in [9.17, 15) is 9.59 Å². The molecule has 4 nitrogen and oxygen atoms in total. The molecule has 114 valence electrons. The number of benzene rings is 2. The fourth-order valence-electron chi connectivity index (χ4n) is 2.10. The molecule has 0 unspecified atom stereocenters. The highest BCUT2D eigenvalue weighted by Crippen LogP contribution is 2.15. The topological polar surface area (TPSA) is 49.4 Å². The van der Waals surface area contributed by atoms with E-state index in [1.807, 2.05) is 30.3 Å². The molecule has 0 fully saturated rings. The maximum absolute atomic E-state index is 12.1. The van der Waals surface area contributed by atoms with Gasteiger partial charge in [-0.15, -0.1) is 0 Å². The third-order valence-corrected chi connectivity index (χ3v) is 3.52. The highest BCUT2D eigenvalue weighted by Gasteiger charge is 2.13. The van der Waals surface area contributed by atoms with Gasteiger partial charge in [-0.25, -0.2) is 0 Å². The molecule has 2 amide bonds. The second kappa shape index (κ2) is 7.61. The van der Waals surface area contributed by atoms with Crippen LogP contribution in [0.2, 0.25) is 5.02 Å². The number of para-hydroxylation sites is 1. The Morgan fingerprint density at radius 1 is 1.05 bits per heavy atom. The molecular formula is C17H17ClN2O2. The first-order valence-electron chi connectivity index (χ1n) is 6.95. The summed E-state index contributed by atoms with van der Waals surface area (Å²) >= 11 is 5.98. The number of hydrogen-bond donors (Lipinski definition) is 1. The van der Waals surface area contributed by atoms with E-state index in [1.165, 1.54) is 6.92 Å². The van der Waals surface area contributed by atoms with Crippen LogP contribution in [0.15, 0.2) is 54.6 Å². The van der Waals surface area contributed by atoms with E-state index >= 15 is 0 Å². The molecule has 0 heterocycles. The van der Waals surface area contributed by atoms with Crippen LogP contribution >= 0.6 is 11.6 Å². The summed E-state index contributed by atoms with van der Waals surface area (Å²) in [7, 11) is 0. The third-order valence-electron chi connectivity index (χ3n) is 3.19. The predicted octanol–water partition coefficient (Wildman–Crippen LogP) is 3.12. The Hall–Kier alpha value is -2.33. The van der Waals surface area contributed by atoms with Crippen LogP contribution in [-0.4, -0.2) is 24.9 Å². The van der Waals surface area contributed by atoms with Crippen LogP contribution in [0.3, 0.4) is 0 Å². The first-order valence-corrected chi connectivity index (χ1v) is 7.33. The van der Waals surface area contributed by atoms with Gasteiger partial charge in [0.25, 0.3) is 5.91 Å². The van der Waals surface area contributed by atoms with E-state index in [1.54, 1.807) is 29.2 Å². The van der Waals surface area contributed by atoms with Crippen molar-refractivity contribution in [1.82, 2.24) is 5.32 Å². The number of nitrogens with zero attached hydrogens (tertiary/aromatic N) is 1. The lowest BCUT2D eigenvalue weighted by atomic mass is 10.2. The molecule has 2 rings (SSSR count). The number of halogens is 1. The highest BCUT2D eigenvalue weighted by atomic mass is 35.5. The summed E-state index contributed by atoms with van der Waals surface area (Å²) < 4.78 is 0. The third kappa shape index (κ3) is 4.09. The molecule has 1 N–H and O–H groups in total. The zero-order valence-corrected chi connectivity index (χ0v) is 13.0. The van der Waals surface area contributed by atoms with E-state index < -0.39 is 0 Å². The largest absolute Gasteiger partial charge is 0.350 e. The van der Waals surface area contributed by atoms with Crippen molar-refractivity contribution in [2.24, 2.45) is 0 Å². The second-order valence-electron chi connectivity index (χ2n) is 4.74. The average molecular weight is 317 g/mol. The van der Waals surface area contributed by atoms with Crippen LogP contribution in [-0.2, 0) is 4.79 Å². The minimum atomic E-state index is -0.248. The number of rotatable bonds is 5. The number of carbonyl (C=O) groups is 2. The molecular weight excluding hydrogens is 300 g/mol. The number of anilines is 1. The summed E-state index contributed by atoms with van der Waals surface area (Å²) in [5.41, 5.74) is 1.24. The molecule has 0 saturated carbocycles. The van der Waals surface area contributed by atoms with Gasteiger partial charge in [-0.3, -0.25) is 9.59 Å². The molecule has 0 bridgehead atoms. The maximum Gasteiger partial charge on any atom is 0.252 e. The lowest BCUT2D eigenvalue weighted by Crippen LogP contribution is -2.37. The van der Waals surface area contributed by atoms with Crippen molar-refractivity contribution in [2.75, 3.05) is 18.0 Å². The lowest BCUT2D eigenvalue weighted by Gasteiger charge is -2.21. The van der Waals surface area contributed by atoms with Crippen LogP contribution in [0.4, 0.5) is 5.69 Å². The van der Waals surface area contributed by atoms with Crippen LogP contribution in [0, 0.1) is 0 Å². The van der Waals surface area contributed by atoms with Crippen molar-refractivity contribution in [3.63, 3.8) is 0 Å². The Balaban J connectivity index is 1.96. The quantitative estimate of drug-likeness (QED) is 0.921. The van der Waals surface area contributed by atoms with E-state index in [2.05, 4.69) is 5.32 Å². The van der Waals surface area contributed by atoms with Crippen LogP contribution < -0.4 is 10.2 Å². The SMILES string of the molecule is CC(=O)N(CCNC(=O)c1ccccc1Cl)c1ccccc1. The molecule has 2 aromatic rings. The molecule has 0 saturated heterocycles. The highest BCUT2D eigenvalue weighted by molar-refractivity contribution is 6.33. The Labute approximate surface area is 134 Å². The monoisotopic (exact) mass is 316 g/mol. The smallest absolute Gasteiger partial charge is 0.252 e. The Morgan fingerprint density at radius 2 is 1.68 bits per heavy atom. The predicted molar refractivity (Wildman–Crippen MR) is 88.3 cm³/mol. The van der Waals surface area contributed by atoms with Gasteiger partial charge < -0.3 is 10.2 Å². The molecule has 22 heavy (non-hydrogen) atoms. The Morgan fingerprint density at radius 3 is 2.32 bits per heavy atom. The van der Waals surface area contributed by atoms with Crippen molar-refractivity contribution in [2.45, 2.75) is 6.92 Å². The molecule has 0 aliphatic heterocycles. The first-order chi connectivity index (χ1) is 10.6. The molecule has 0 atom stereocenters. The van der Waals surface area contributed by atoms with Crippen molar-refractivity contribution in [1.29, 1.82) is 0 Å². The normalized spacial score (nSPS) is 10.1. The maximum atomic E-state index is 12.1. The summed E-state index contributed by atoms with van der Waals surface area (Å²) in [6, 6.07) is 16.2. The minimum absolute atomic E-state index is 0.0711. The van der Waals surface area contributed by atoms with Gasteiger partial charge in [0, 0.05) is 25.7 Å². The average Bonchev–Trinajstić information content (AvgIpc) is 2.52. The number of nitrogens with one attached hydrogen (secondary N) is 1. The van der Waals surface area contributed by atoms with Gasteiger partial charge in [0.2, 0.25) is 5.91 Å². The van der Waals surface area contributed by atoms with Gasteiger partial charge in [-0.2, -0.15) is 0 Å². The van der Waals surface area contributed by atoms with Gasteiger partial charge in [-0.05, 0) is 24.3 Å². The molecule has 0 spiro atoms. The molecule has 0 aliphatic carbocycles. The molecule has 0 aromatic heterocycles. The van der Waals surface area contributed by atoms with Crippen LogP contribution in [0.5, 0.6) is 0 Å². The van der Waals surface area contributed by atoms with Crippen LogP contribution in [0.1, 0.15) is 17.3 Å². The van der Waals surface area contributed by atoms with E-state index in [4.69, 9.17) is 11.6 Å². The summed E-state index contributed by atoms with van der Waals surface area (Å²) in [6.07, 6.45) is 0. The number of hydrogen-bond acceptors (Lipinski definition) is 2. The number of carbonyl (C=O) groups excluding carboxylic acids is 2. The van der Waals surface area contributed by atoms with Crippen molar-refractivity contribution < 1.29 is 9.59 Å². The van der Waals surface area contributed by atoms with Gasteiger partial charge in [0.05, 0.1) is 10.6 Å². The summed E-state index contributed by atoms with van der Waals surface area (Å²) in [5.74, 6) is -0.319. The molecule has 0 aliphatic rings. The van der Waals surface area contributed by atoms with Crippen LogP contribution in [0.25, 0.3) is 0 Å². The van der Waals surface area contributed by atoms with Gasteiger partial charge >= 0.3 is 0 Å². The molecule has 0 radical (unpaired) electrons. The zero-order valence-electron chi connectivity index (χ0n) is 12.3. The Kier molecular flexibility index (Phi) is 5.55. The zero-order chi connectivity index (χ0) is 15.9. The standard InChI is InChI=1S/C17H17ClN2O2/c1-13(21)20(14-7-3-2-4-8-14)12-11-19-17(22)15-9-5-6-10-16(15)18/h2-10H,11-12H2,1H3,(H,19,22). The van der Waals surface area contributed by atoms with E-state index in [0.29, 0.717) is 23.7 Å². The Bertz CT molecular complexity index is 659. The van der Waals surface area contributed by atoms with Gasteiger partial charge in [0.15, 0.2) is 0 Å². The van der Waals surface area contributed by atoms with E-state index in [-0.39, 0.29) is 11.8 Å². The van der Waals surface area contributed by atoms with Crippen molar-refractivity contribution in [3.05, 3.63) is 65.2 Å². The van der Waals surface area contributed by atoms with Gasteiger partial charge in [0.1, 0.15) is 0 Å². The fraction of sp³-hybridized carbons (Fsp3) is 0.176. The van der Waals surface area contributed by atoms with E-state index in [0.717, 1.165) is 5.69 Å². The summed E-state index contributed by atoms with van der Waals surface area (Å²) in [6.45, 7) is 2.25. The summed E-state index contributed by atoms with van der Waals surface area (Å²) in [4.78, 5) is 25.4. The fourth-order valence-corrected chi connectivity index (χ4v) is 2.32. The summed E-state index contributed by atoms with van der Waals surface area (Å²) in [5, 5.41) is 3.19. The molecule has 2 aromatic carbocycles. The minimum Gasteiger partial charge on any atom is -0.350 e. The van der Waals surface area contributed by atoms with Gasteiger partial charge in [-0.1, -0.05) is 41.9 Å². The molecule has 5 heteroatoms. The van der Waals surface area contributed by atoms with Crippen molar-refractivity contribution >= 4 is 29.1 Å². The second-order valence-corrected chi connectivity index (χ2v) is 5.15. The first kappa shape index (κ1) is 16.0. The lowest BCUT2D eigenvalue weighted by molar-refractivity contribution is -0.116. The van der Waals surface area contributed by atoms with Crippen molar-refractivity contribution in [3.8, 4) is 0 Å². The number of amides is 2.